The Bertz CT molecular complexity index is 911. The molecule has 2 aromatic carbocycles. The molecule has 2 aromatic rings. The largest absolute Gasteiger partial charge is 0.398 e. The molecule has 0 atom stereocenters. The molecule has 0 unspecified atom stereocenters. The van der Waals surface area contributed by atoms with Crippen LogP contribution in [0.3, 0.4) is 0 Å². The summed E-state index contributed by atoms with van der Waals surface area (Å²) >= 11 is 0. The van der Waals surface area contributed by atoms with Crippen molar-refractivity contribution < 1.29 is 0 Å². The molecule has 0 aliphatic heterocycles. The normalized spacial score (nSPS) is 13.9. The number of fused-ring (bicyclic) bond motifs is 3. The van der Waals surface area contributed by atoms with Crippen LogP contribution < -0.4 is 16.2 Å². The Morgan fingerprint density at radius 1 is 1.19 bits per heavy atom. The van der Waals surface area contributed by atoms with Gasteiger partial charge in [-0.3, -0.25) is 0 Å². The molecule has 1 aliphatic rings. The summed E-state index contributed by atoms with van der Waals surface area (Å²) in [5.41, 5.74) is 10.7. The molecule has 0 saturated heterocycles. The molecule has 1 aliphatic carbocycles. The van der Waals surface area contributed by atoms with Gasteiger partial charge in [-0.2, -0.15) is 0 Å². The van der Waals surface area contributed by atoms with Crippen LogP contribution in [0.4, 0.5) is 5.69 Å². The summed E-state index contributed by atoms with van der Waals surface area (Å²) < 4.78 is 0. The van der Waals surface area contributed by atoms with Gasteiger partial charge >= 0.3 is 0 Å². The molecule has 0 bridgehead atoms. The molecule has 0 saturated carbocycles. The third-order valence-electron chi connectivity index (χ3n) is 4.08. The van der Waals surface area contributed by atoms with Gasteiger partial charge in [0.25, 0.3) is 0 Å². The van der Waals surface area contributed by atoms with E-state index in [0.29, 0.717) is 0 Å². The fourth-order valence-corrected chi connectivity index (χ4v) is 3.12. The quantitative estimate of drug-likeness (QED) is 0.832. The molecule has 0 amide bonds. The predicted molar refractivity (Wildman–Crippen MR) is 95.2 cm³/mol. The molecule has 0 radical (unpaired) electrons. The van der Waals surface area contributed by atoms with Crippen molar-refractivity contribution in [2.45, 2.75) is 13.3 Å². The van der Waals surface area contributed by atoms with Gasteiger partial charge in [0.05, 0.1) is 0 Å². The highest BCUT2D eigenvalue weighted by Crippen LogP contribution is 2.25. The standard InChI is InChI=1S/C20H19N/c1-4-8-15-13(3)11-18-16-9-6-7-10-17(16)20(21)12-19(18)14(15)5-2/h4-6,8-12H,1-2,7,21H2,3H3/b15-8-. The van der Waals surface area contributed by atoms with E-state index in [1.54, 1.807) is 0 Å². The van der Waals surface area contributed by atoms with Crippen molar-refractivity contribution in [3.8, 4) is 0 Å². The maximum atomic E-state index is 6.26. The first kappa shape index (κ1) is 13.4. The Morgan fingerprint density at radius 3 is 2.71 bits per heavy atom. The minimum Gasteiger partial charge on any atom is -0.398 e. The fourth-order valence-electron chi connectivity index (χ4n) is 3.12. The van der Waals surface area contributed by atoms with E-state index in [9.17, 15) is 0 Å². The van der Waals surface area contributed by atoms with E-state index in [4.69, 9.17) is 5.73 Å². The second-order valence-electron chi connectivity index (χ2n) is 5.36. The lowest BCUT2D eigenvalue weighted by molar-refractivity contribution is 1.40. The zero-order valence-corrected chi connectivity index (χ0v) is 12.3. The smallest absolute Gasteiger partial charge is 0.0397 e. The molecule has 0 spiro atoms. The van der Waals surface area contributed by atoms with Gasteiger partial charge in [0.15, 0.2) is 0 Å². The SMILES string of the molecule is C=C/C=c1/c(C)cc2c3c(c(N)cc2c1C=C)=CCC=C3. The van der Waals surface area contributed by atoms with Crippen molar-refractivity contribution in [1.29, 1.82) is 0 Å². The molecule has 104 valence electrons. The van der Waals surface area contributed by atoms with Crippen molar-refractivity contribution in [2.24, 2.45) is 0 Å². The van der Waals surface area contributed by atoms with Crippen molar-refractivity contribution in [3.05, 3.63) is 64.6 Å². The lowest BCUT2D eigenvalue weighted by Gasteiger charge is -2.14. The van der Waals surface area contributed by atoms with E-state index in [-0.39, 0.29) is 0 Å². The van der Waals surface area contributed by atoms with Crippen LogP contribution in [-0.4, -0.2) is 0 Å². The topological polar surface area (TPSA) is 26.0 Å². The molecular formula is C20H19N. The van der Waals surface area contributed by atoms with E-state index in [2.05, 4.69) is 50.4 Å². The van der Waals surface area contributed by atoms with E-state index in [1.807, 2.05) is 18.2 Å². The Hall–Kier alpha value is -2.54. The van der Waals surface area contributed by atoms with Crippen LogP contribution in [0.2, 0.25) is 0 Å². The molecule has 1 heteroatoms. The second-order valence-corrected chi connectivity index (χ2v) is 5.36. The van der Waals surface area contributed by atoms with Crippen LogP contribution in [0, 0.1) is 6.92 Å². The fraction of sp³-hybridized carbons (Fsp3) is 0.100. The van der Waals surface area contributed by atoms with Crippen molar-refractivity contribution in [3.63, 3.8) is 0 Å². The van der Waals surface area contributed by atoms with Gasteiger partial charge in [-0.1, -0.05) is 55.7 Å². The Balaban J connectivity index is 2.61. The number of aryl methyl sites for hydroxylation is 1. The Labute approximate surface area is 125 Å². The summed E-state index contributed by atoms with van der Waals surface area (Å²) in [4.78, 5) is 0. The zero-order chi connectivity index (χ0) is 15.0. The Kier molecular flexibility index (Phi) is 3.26. The van der Waals surface area contributed by atoms with E-state index in [1.165, 1.54) is 16.5 Å². The van der Waals surface area contributed by atoms with Gasteiger partial charge in [-0.15, -0.1) is 0 Å². The van der Waals surface area contributed by atoms with Gasteiger partial charge in [-0.25, -0.2) is 0 Å². The number of allylic oxidation sites excluding steroid dienone is 2. The number of nitrogen functional groups attached to an aromatic ring is 1. The summed E-state index contributed by atoms with van der Waals surface area (Å²) in [6.45, 7) is 9.92. The number of benzene rings is 2. The average Bonchev–Trinajstić information content (AvgIpc) is 2.50. The summed E-state index contributed by atoms with van der Waals surface area (Å²) in [6, 6.07) is 4.31. The number of nitrogens with two attached hydrogens (primary N) is 1. The van der Waals surface area contributed by atoms with Crippen LogP contribution in [0.25, 0.3) is 35.1 Å². The summed E-state index contributed by atoms with van der Waals surface area (Å²) in [7, 11) is 0. The van der Waals surface area contributed by atoms with Crippen LogP contribution in [0.1, 0.15) is 23.1 Å². The van der Waals surface area contributed by atoms with Gasteiger partial charge in [0.1, 0.15) is 0 Å². The van der Waals surface area contributed by atoms with Gasteiger partial charge in [0, 0.05) is 10.9 Å². The number of rotatable bonds is 2. The number of hydrogen-bond donors (Lipinski definition) is 1. The van der Waals surface area contributed by atoms with Crippen LogP contribution in [-0.2, 0) is 0 Å². The zero-order valence-electron chi connectivity index (χ0n) is 12.3. The van der Waals surface area contributed by atoms with Gasteiger partial charge in [0.2, 0.25) is 0 Å². The molecule has 0 heterocycles. The predicted octanol–water partition coefficient (Wildman–Crippen LogP) is 3.54. The molecule has 2 N–H and O–H groups in total. The van der Waals surface area contributed by atoms with Crippen LogP contribution >= 0.6 is 0 Å². The van der Waals surface area contributed by atoms with E-state index >= 15 is 0 Å². The lowest BCUT2D eigenvalue weighted by atomic mass is 9.91. The van der Waals surface area contributed by atoms with Crippen molar-refractivity contribution in [1.82, 2.24) is 0 Å². The molecule has 0 aromatic heterocycles. The first-order valence-corrected chi connectivity index (χ1v) is 7.15. The first-order chi connectivity index (χ1) is 10.2. The summed E-state index contributed by atoms with van der Waals surface area (Å²) in [5, 5.41) is 4.70. The summed E-state index contributed by atoms with van der Waals surface area (Å²) in [5.74, 6) is 0. The third-order valence-corrected chi connectivity index (χ3v) is 4.08. The number of hydrogen-bond acceptors (Lipinski definition) is 1. The van der Waals surface area contributed by atoms with Crippen molar-refractivity contribution in [2.75, 3.05) is 5.73 Å². The van der Waals surface area contributed by atoms with Crippen molar-refractivity contribution >= 4 is 40.8 Å². The highest BCUT2D eigenvalue weighted by atomic mass is 14.5. The lowest BCUT2D eigenvalue weighted by Crippen LogP contribution is -2.17. The molecule has 0 fully saturated rings. The maximum Gasteiger partial charge on any atom is 0.0397 e. The van der Waals surface area contributed by atoms with E-state index < -0.39 is 0 Å². The molecular weight excluding hydrogens is 254 g/mol. The molecule has 21 heavy (non-hydrogen) atoms. The minimum absolute atomic E-state index is 0.832. The Morgan fingerprint density at radius 2 is 2.00 bits per heavy atom. The minimum atomic E-state index is 0.832. The maximum absolute atomic E-state index is 6.26. The summed E-state index contributed by atoms with van der Waals surface area (Å²) in [6.07, 6.45) is 13.2. The van der Waals surface area contributed by atoms with Gasteiger partial charge < -0.3 is 5.73 Å². The number of anilines is 1. The van der Waals surface area contributed by atoms with Crippen LogP contribution in [0.5, 0.6) is 0 Å². The highest BCUT2D eigenvalue weighted by Gasteiger charge is 2.11. The second kappa shape index (κ2) is 5.10. The average molecular weight is 273 g/mol. The molecule has 3 rings (SSSR count). The monoisotopic (exact) mass is 273 g/mol. The first-order valence-electron chi connectivity index (χ1n) is 7.15. The van der Waals surface area contributed by atoms with Crippen LogP contribution in [0.15, 0.2) is 37.4 Å². The van der Waals surface area contributed by atoms with E-state index in [0.717, 1.165) is 33.5 Å². The third kappa shape index (κ3) is 2.02. The molecule has 1 nitrogen and oxygen atoms in total. The van der Waals surface area contributed by atoms with Gasteiger partial charge in [-0.05, 0) is 52.1 Å². The highest BCUT2D eigenvalue weighted by molar-refractivity contribution is 6.00.